The van der Waals surface area contributed by atoms with E-state index in [0.29, 0.717) is 15.5 Å². The van der Waals surface area contributed by atoms with Crippen LogP contribution in [0.2, 0.25) is 0 Å². The van der Waals surface area contributed by atoms with Gasteiger partial charge in [-0.15, -0.1) is 11.3 Å². The molecule has 0 fully saturated rings. The summed E-state index contributed by atoms with van der Waals surface area (Å²) in [5.74, 6) is -0.373. The summed E-state index contributed by atoms with van der Waals surface area (Å²) in [6, 6.07) is 9.88. The number of rotatable bonds is 2. The molecule has 2 heterocycles. The zero-order valence-corrected chi connectivity index (χ0v) is 11.7. The second kappa shape index (κ2) is 4.64. The molecule has 0 aliphatic rings. The van der Waals surface area contributed by atoms with E-state index >= 15 is 0 Å². The number of nitrogens with two attached hydrogens (primary N) is 1. The third-order valence-electron chi connectivity index (χ3n) is 2.68. The van der Waals surface area contributed by atoms with Crippen molar-refractivity contribution in [3.63, 3.8) is 0 Å². The van der Waals surface area contributed by atoms with Crippen molar-refractivity contribution in [1.82, 2.24) is 4.98 Å². The highest BCUT2D eigenvalue weighted by atomic mass is 32.1. The molecule has 0 atom stereocenters. The van der Waals surface area contributed by atoms with E-state index in [0.717, 1.165) is 15.1 Å². The number of thiazole rings is 1. The smallest absolute Gasteiger partial charge is 0.350 e. The monoisotopic (exact) mass is 290 g/mol. The number of ether oxygens (including phenoxy) is 1. The normalized spacial score (nSPS) is 10.8. The zero-order chi connectivity index (χ0) is 13.4. The third kappa shape index (κ3) is 1.98. The van der Waals surface area contributed by atoms with Crippen molar-refractivity contribution in [2.75, 3.05) is 12.8 Å². The lowest BCUT2D eigenvalue weighted by Gasteiger charge is -1.96. The largest absolute Gasteiger partial charge is 0.465 e. The molecule has 2 aromatic heterocycles. The number of esters is 1. The molecule has 19 heavy (non-hydrogen) atoms. The SMILES string of the molecule is COC(=O)c1sc(-c2ccccc2)c2sc(N)nc12. The summed E-state index contributed by atoms with van der Waals surface area (Å²) in [5, 5.41) is 0.458. The molecule has 1 aromatic carbocycles. The van der Waals surface area contributed by atoms with Gasteiger partial charge in [-0.3, -0.25) is 0 Å². The number of hydrogen-bond donors (Lipinski definition) is 1. The van der Waals surface area contributed by atoms with Gasteiger partial charge in [0.1, 0.15) is 10.4 Å². The first-order chi connectivity index (χ1) is 9.20. The molecule has 0 amide bonds. The Kier molecular flexibility index (Phi) is 2.96. The topological polar surface area (TPSA) is 65.2 Å². The Hall–Kier alpha value is -1.92. The molecular weight excluding hydrogens is 280 g/mol. The van der Waals surface area contributed by atoms with Crippen molar-refractivity contribution in [2.45, 2.75) is 0 Å². The molecule has 96 valence electrons. The Bertz CT molecular complexity index is 747. The summed E-state index contributed by atoms with van der Waals surface area (Å²) in [4.78, 5) is 17.5. The van der Waals surface area contributed by atoms with Crippen LogP contribution in [0.15, 0.2) is 30.3 Å². The van der Waals surface area contributed by atoms with Crippen molar-refractivity contribution in [1.29, 1.82) is 0 Å². The summed E-state index contributed by atoms with van der Waals surface area (Å²) < 4.78 is 5.74. The maximum Gasteiger partial charge on any atom is 0.350 e. The maximum absolute atomic E-state index is 11.8. The van der Waals surface area contributed by atoms with Crippen molar-refractivity contribution in [3.8, 4) is 10.4 Å². The molecule has 2 N–H and O–H groups in total. The van der Waals surface area contributed by atoms with E-state index < -0.39 is 0 Å². The fraction of sp³-hybridized carbons (Fsp3) is 0.0769. The Morgan fingerprint density at radius 1 is 1.26 bits per heavy atom. The van der Waals surface area contributed by atoms with Crippen LogP contribution < -0.4 is 5.73 Å². The average molecular weight is 290 g/mol. The first kappa shape index (κ1) is 12.1. The van der Waals surface area contributed by atoms with Crippen LogP contribution >= 0.6 is 22.7 Å². The van der Waals surface area contributed by atoms with E-state index in [2.05, 4.69) is 4.98 Å². The summed E-state index contributed by atoms with van der Waals surface area (Å²) in [6.07, 6.45) is 0. The lowest BCUT2D eigenvalue weighted by Crippen LogP contribution is -1.98. The minimum Gasteiger partial charge on any atom is -0.465 e. The van der Waals surface area contributed by atoms with Crippen LogP contribution in [-0.4, -0.2) is 18.1 Å². The molecule has 0 saturated carbocycles. The molecule has 6 heteroatoms. The number of nitrogen functional groups attached to an aromatic ring is 1. The number of benzene rings is 1. The molecule has 0 radical (unpaired) electrons. The zero-order valence-electron chi connectivity index (χ0n) is 10.0. The molecule has 0 bridgehead atoms. The van der Waals surface area contributed by atoms with Crippen molar-refractivity contribution < 1.29 is 9.53 Å². The first-order valence-corrected chi connectivity index (χ1v) is 7.16. The molecule has 0 saturated heterocycles. The van der Waals surface area contributed by atoms with E-state index in [1.807, 2.05) is 30.3 Å². The van der Waals surface area contributed by atoms with Crippen LogP contribution in [0.3, 0.4) is 0 Å². The van der Waals surface area contributed by atoms with Crippen LogP contribution in [0.1, 0.15) is 9.67 Å². The molecule has 0 aliphatic heterocycles. The highest BCUT2D eigenvalue weighted by Crippen LogP contribution is 2.42. The van der Waals surface area contributed by atoms with Gasteiger partial charge in [0.15, 0.2) is 5.13 Å². The van der Waals surface area contributed by atoms with Crippen LogP contribution in [0, 0.1) is 0 Å². The van der Waals surface area contributed by atoms with E-state index in [4.69, 9.17) is 10.5 Å². The number of anilines is 1. The van der Waals surface area contributed by atoms with E-state index in [-0.39, 0.29) is 5.97 Å². The second-order valence-corrected chi connectivity index (χ2v) is 5.90. The van der Waals surface area contributed by atoms with Gasteiger partial charge in [0.05, 0.1) is 16.7 Å². The number of aromatic nitrogens is 1. The molecule has 0 aliphatic carbocycles. The van der Waals surface area contributed by atoms with Gasteiger partial charge >= 0.3 is 5.97 Å². The summed E-state index contributed by atoms with van der Waals surface area (Å²) in [7, 11) is 1.37. The van der Waals surface area contributed by atoms with Crippen LogP contribution in [0.5, 0.6) is 0 Å². The highest BCUT2D eigenvalue weighted by molar-refractivity contribution is 7.29. The van der Waals surface area contributed by atoms with Gasteiger partial charge in [-0.1, -0.05) is 41.7 Å². The number of carbonyl (C=O) groups is 1. The van der Waals surface area contributed by atoms with Gasteiger partial charge in [-0.2, -0.15) is 0 Å². The van der Waals surface area contributed by atoms with Gasteiger partial charge in [0.25, 0.3) is 0 Å². The van der Waals surface area contributed by atoms with E-state index in [9.17, 15) is 4.79 Å². The van der Waals surface area contributed by atoms with Crippen LogP contribution in [0.25, 0.3) is 20.7 Å². The Labute approximate surface area is 117 Å². The van der Waals surface area contributed by atoms with Crippen molar-refractivity contribution >= 4 is 44.0 Å². The van der Waals surface area contributed by atoms with Gasteiger partial charge in [0, 0.05) is 0 Å². The third-order valence-corrected chi connectivity index (χ3v) is 4.92. The fourth-order valence-electron chi connectivity index (χ4n) is 1.85. The predicted molar refractivity (Wildman–Crippen MR) is 78.7 cm³/mol. The quantitative estimate of drug-likeness (QED) is 0.735. The Morgan fingerprint density at radius 2 is 2.00 bits per heavy atom. The van der Waals surface area contributed by atoms with Gasteiger partial charge in [0.2, 0.25) is 0 Å². The molecule has 3 rings (SSSR count). The van der Waals surface area contributed by atoms with Crippen molar-refractivity contribution in [3.05, 3.63) is 35.2 Å². The Balaban J connectivity index is 2.28. The number of thiophene rings is 1. The Morgan fingerprint density at radius 3 is 2.68 bits per heavy atom. The summed E-state index contributed by atoms with van der Waals surface area (Å²) in [6.45, 7) is 0. The molecular formula is C13H10N2O2S2. The van der Waals surface area contributed by atoms with E-state index in [1.165, 1.54) is 29.8 Å². The van der Waals surface area contributed by atoms with Gasteiger partial charge < -0.3 is 10.5 Å². The lowest BCUT2D eigenvalue weighted by atomic mass is 10.2. The average Bonchev–Trinajstić information content (AvgIpc) is 2.96. The summed E-state index contributed by atoms with van der Waals surface area (Å²) in [5.41, 5.74) is 7.44. The minimum absolute atomic E-state index is 0.373. The van der Waals surface area contributed by atoms with Crippen LogP contribution in [-0.2, 0) is 4.74 Å². The number of fused-ring (bicyclic) bond motifs is 1. The standard InChI is InChI=1S/C13H10N2O2S2/c1-17-12(16)11-8-10(19-13(14)15-8)9(18-11)7-5-3-2-4-6-7/h2-6H,1H3,(H2,14,15). The lowest BCUT2D eigenvalue weighted by molar-refractivity contribution is 0.0608. The van der Waals surface area contributed by atoms with Gasteiger partial charge in [-0.05, 0) is 5.56 Å². The second-order valence-electron chi connectivity index (χ2n) is 3.85. The maximum atomic E-state index is 11.8. The molecule has 4 nitrogen and oxygen atoms in total. The summed E-state index contributed by atoms with van der Waals surface area (Å²) >= 11 is 2.78. The molecule has 0 unspecified atom stereocenters. The van der Waals surface area contributed by atoms with Gasteiger partial charge in [-0.25, -0.2) is 9.78 Å². The number of nitrogens with zero attached hydrogens (tertiary/aromatic N) is 1. The predicted octanol–water partition coefficient (Wildman–Crippen LogP) is 3.39. The number of methoxy groups -OCH3 is 1. The van der Waals surface area contributed by atoms with E-state index in [1.54, 1.807) is 0 Å². The number of carbonyl (C=O) groups excluding carboxylic acids is 1. The first-order valence-electron chi connectivity index (χ1n) is 5.53. The number of hydrogen-bond acceptors (Lipinski definition) is 6. The highest BCUT2D eigenvalue weighted by Gasteiger charge is 2.22. The van der Waals surface area contributed by atoms with Crippen molar-refractivity contribution in [2.24, 2.45) is 0 Å². The minimum atomic E-state index is -0.373. The van der Waals surface area contributed by atoms with Crippen LogP contribution in [0.4, 0.5) is 5.13 Å². The molecule has 3 aromatic rings. The molecule has 0 spiro atoms. The fourth-order valence-corrected chi connectivity index (χ4v) is 4.03.